The van der Waals surface area contributed by atoms with Crippen molar-refractivity contribution in [1.82, 2.24) is 9.55 Å². The third-order valence-corrected chi connectivity index (χ3v) is 2.87. The molecule has 0 radical (unpaired) electrons. The molecule has 3 nitrogen and oxygen atoms in total. The Balaban J connectivity index is 2.35. The molecule has 0 saturated heterocycles. The Bertz CT molecular complexity index is 569. The molecule has 1 heterocycles. The van der Waals surface area contributed by atoms with Crippen LogP contribution >= 0.6 is 15.9 Å². The molecular weight excluding hydrogens is 294 g/mol. The summed E-state index contributed by atoms with van der Waals surface area (Å²) >= 11 is 2.99. The third kappa shape index (κ3) is 2.41. The molecule has 88 valence electrons. The van der Waals surface area contributed by atoms with Gasteiger partial charge in [-0.2, -0.15) is 0 Å². The summed E-state index contributed by atoms with van der Waals surface area (Å²) in [7, 11) is 0. The molecule has 0 unspecified atom stereocenters. The highest BCUT2D eigenvalue weighted by Gasteiger charge is 2.12. The summed E-state index contributed by atoms with van der Waals surface area (Å²) in [6.45, 7) is -0.0159. The van der Waals surface area contributed by atoms with Gasteiger partial charge in [-0.05, 0) is 28.1 Å². The first-order valence-corrected chi connectivity index (χ1v) is 5.50. The van der Waals surface area contributed by atoms with E-state index in [0.29, 0.717) is 6.29 Å². The summed E-state index contributed by atoms with van der Waals surface area (Å²) in [5.41, 5.74) is 0.148. The largest absolute Gasteiger partial charge is 0.332 e. The van der Waals surface area contributed by atoms with Crippen LogP contribution in [0.25, 0.3) is 0 Å². The Morgan fingerprint density at radius 3 is 2.82 bits per heavy atom. The number of halogens is 3. The van der Waals surface area contributed by atoms with Crippen LogP contribution in [0, 0.1) is 11.6 Å². The summed E-state index contributed by atoms with van der Waals surface area (Å²) in [5.74, 6) is -1.28. The number of benzene rings is 1. The molecule has 1 aromatic heterocycles. The summed E-state index contributed by atoms with van der Waals surface area (Å²) in [6, 6.07) is 2.49. The number of carbonyl (C=O) groups excluding carboxylic acids is 1. The van der Waals surface area contributed by atoms with Gasteiger partial charge in [0.15, 0.2) is 6.29 Å². The molecule has 0 atom stereocenters. The van der Waals surface area contributed by atoms with E-state index in [0.717, 1.165) is 0 Å². The van der Waals surface area contributed by atoms with E-state index in [4.69, 9.17) is 0 Å². The maximum absolute atomic E-state index is 13.6. The van der Waals surface area contributed by atoms with E-state index in [2.05, 4.69) is 20.9 Å². The second-order valence-electron chi connectivity index (χ2n) is 3.41. The number of imidazole rings is 1. The molecular formula is C11H7BrF2N2O. The number of hydrogen-bond donors (Lipinski definition) is 0. The lowest BCUT2D eigenvalue weighted by atomic mass is 10.2. The molecule has 17 heavy (non-hydrogen) atoms. The molecule has 0 aliphatic rings. The van der Waals surface area contributed by atoms with E-state index in [9.17, 15) is 13.6 Å². The normalized spacial score (nSPS) is 10.5. The van der Waals surface area contributed by atoms with Crippen LogP contribution in [-0.4, -0.2) is 15.8 Å². The molecule has 2 aromatic rings. The van der Waals surface area contributed by atoms with Crippen LogP contribution in [0.15, 0.2) is 29.1 Å². The Hall–Kier alpha value is -1.56. The van der Waals surface area contributed by atoms with Gasteiger partial charge in [0.2, 0.25) is 0 Å². The molecule has 0 bridgehead atoms. The molecule has 0 aliphatic carbocycles. The average Bonchev–Trinajstić information content (AvgIpc) is 2.77. The molecule has 2 rings (SSSR count). The Morgan fingerprint density at radius 2 is 2.18 bits per heavy atom. The van der Waals surface area contributed by atoms with E-state index < -0.39 is 11.6 Å². The molecule has 0 N–H and O–H groups in total. The van der Waals surface area contributed by atoms with Crippen LogP contribution in [0.4, 0.5) is 8.78 Å². The zero-order valence-corrected chi connectivity index (χ0v) is 10.1. The molecule has 0 aliphatic heterocycles. The summed E-state index contributed by atoms with van der Waals surface area (Å²) in [6.07, 6.45) is 3.35. The summed E-state index contributed by atoms with van der Waals surface area (Å²) < 4.78 is 28.7. The van der Waals surface area contributed by atoms with Crippen LogP contribution < -0.4 is 0 Å². The number of hydrogen-bond acceptors (Lipinski definition) is 2. The number of aromatic nitrogens is 2. The predicted molar refractivity (Wildman–Crippen MR) is 60.8 cm³/mol. The summed E-state index contributed by atoms with van der Waals surface area (Å²) in [5, 5.41) is 0. The zero-order valence-electron chi connectivity index (χ0n) is 8.53. The SMILES string of the molecule is O=Cc1cn(Cc2c(F)ccc(Br)c2F)cn1. The van der Waals surface area contributed by atoms with Gasteiger partial charge in [-0.3, -0.25) is 4.79 Å². The van der Waals surface area contributed by atoms with Crippen LogP contribution in [0.5, 0.6) is 0 Å². The molecule has 6 heteroatoms. The van der Waals surface area contributed by atoms with Gasteiger partial charge in [0, 0.05) is 11.8 Å². The first kappa shape index (κ1) is 11.9. The van der Waals surface area contributed by atoms with Crippen LogP contribution in [0.2, 0.25) is 0 Å². The Kier molecular flexibility index (Phi) is 3.33. The quantitative estimate of drug-likeness (QED) is 0.645. The third-order valence-electron chi connectivity index (χ3n) is 2.25. The van der Waals surface area contributed by atoms with Crippen molar-refractivity contribution >= 4 is 22.2 Å². The van der Waals surface area contributed by atoms with Gasteiger partial charge in [0.1, 0.15) is 17.3 Å². The van der Waals surface area contributed by atoms with Crippen LogP contribution in [0.3, 0.4) is 0 Å². The topological polar surface area (TPSA) is 34.9 Å². The van der Waals surface area contributed by atoms with Gasteiger partial charge in [-0.15, -0.1) is 0 Å². The van der Waals surface area contributed by atoms with E-state index in [-0.39, 0.29) is 22.3 Å². The van der Waals surface area contributed by atoms with Crippen molar-refractivity contribution < 1.29 is 13.6 Å². The highest BCUT2D eigenvalue weighted by molar-refractivity contribution is 9.10. The van der Waals surface area contributed by atoms with Gasteiger partial charge >= 0.3 is 0 Å². The Labute approximate surface area is 104 Å². The van der Waals surface area contributed by atoms with Gasteiger partial charge in [0.25, 0.3) is 0 Å². The molecule has 0 saturated carbocycles. The van der Waals surface area contributed by atoms with E-state index in [1.807, 2.05) is 0 Å². The number of carbonyl (C=O) groups is 1. The van der Waals surface area contributed by atoms with E-state index in [1.54, 1.807) is 0 Å². The first-order chi connectivity index (χ1) is 8.11. The van der Waals surface area contributed by atoms with Crippen LogP contribution in [-0.2, 0) is 6.54 Å². The second-order valence-corrected chi connectivity index (χ2v) is 4.26. The first-order valence-electron chi connectivity index (χ1n) is 4.71. The maximum Gasteiger partial charge on any atom is 0.169 e. The zero-order chi connectivity index (χ0) is 12.4. The van der Waals surface area contributed by atoms with E-state index in [1.165, 1.54) is 29.2 Å². The van der Waals surface area contributed by atoms with Crippen LogP contribution in [0.1, 0.15) is 16.1 Å². The molecule has 0 spiro atoms. The minimum Gasteiger partial charge on any atom is -0.332 e. The highest BCUT2D eigenvalue weighted by Crippen LogP contribution is 2.22. The van der Waals surface area contributed by atoms with Crippen molar-refractivity contribution in [1.29, 1.82) is 0 Å². The van der Waals surface area contributed by atoms with Crippen molar-refractivity contribution in [2.24, 2.45) is 0 Å². The molecule has 1 aromatic carbocycles. The number of aldehydes is 1. The number of rotatable bonds is 3. The maximum atomic E-state index is 13.6. The van der Waals surface area contributed by atoms with Gasteiger partial charge in [-0.25, -0.2) is 13.8 Å². The smallest absolute Gasteiger partial charge is 0.169 e. The fourth-order valence-electron chi connectivity index (χ4n) is 1.42. The minimum atomic E-state index is -0.647. The summed E-state index contributed by atoms with van der Waals surface area (Å²) in [4.78, 5) is 14.2. The highest BCUT2D eigenvalue weighted by atomic mass is 79.9. The minimum absolute atomic E-state index is 0.0159. The fourth-order valence-corrected chi connectivity index (χ4v) is 1.79. The molecule has 0 fully saturated rings. The average molecular weight is 301 g/mol. The van der Waals surface area contributed by atoms with Crippen molar-refractivity contribution in [3.63, 3.8) is 0 Å². The van der Waals surface area contributed by atoms with Gasteiger partial charge in [-0.1, -0.05) is 0 Å². The van der Waals surface area contributed by atoms with Crippen molar-refractivity contribution in [2.45, 2.75) is 6.54 Å². The standard InChI is InChI=1S/C11H7BrF2N2O/c12-9-1-2-10(13)8(11(9)14)4-16-3-7(5-17)15-6-16/h1-3,5-6H,4H2. The van der Waals surface area contributed by atoms with Gasteiger partial charge in [0.05, 0.1) is 17.3 Å². The Morgan fingerprint density at radius 1 is 1.41 bits per heavy atom. The number of nitrogens with zero attached hydrogens (tertiary/aromatic N) is 2. The lowest BCUT2D eigenvalue weighted by molar-refractivity contribution is 0.111. The molecule has 0 amide bonds. The predicted octanol–water partition coefficient (Wildman–Crippen LogP) is 2.78. The fraction of sp³-hybridized carbons (Fsp3) is 0.0909. The van der Waals surface area contributed by atoms with E-state index >= 15 is 0 Å². The van der Waals surface area contributed by atoms with Crippen molar-refractivity contribution in [3.05, 3.63) is 52.0 Å². The lowest BCUT2D eigenvalue weighted by Gasteiger charge is -2.06. The van der Waals surface area contributed by atoms with Crippen molar-refractivity contribution in [2.75, 3.05) is 0 Å². The van der Waals surface area contributed by atoms with Gasteiger partial charge < -0.3 is 4.57 Å². The second kappa shape index (κ2) is 4.75. The van der Waals surface area contributed by atoms with Crippen molar-refractivity contribution in [3.8, 4) is 0 Å². The monoisotopic (exact) mass is 300 g/mol. The lowest BCUT2D eigenvalue weighted by Crippen LogP contribution is -2.03.